The maximum Gasteiger partial charge on any atom is 0.273 e. The summed E-state index contributed by atoms with van der Waals surface area (Å²) in [5, 5.41) is 10.9. The Kier molecular flexibility index (Phi) is 4.71. The van der Waals surface area contributed by atoms with Crippen molar-refractivity contribution in [2.45, 2.75) is 19.1 Å². The Hall–Kier alpha value is -2.48. The van der Waals surface area contributed by atoms with Crippen LogP contribution in [-0.2, 0) is 22.2 Å². The zero-order chi connectivity index (χ0) is 16.2. The van der Waals surface area contributed by atoms with E-state index in [4.69, 9.17) is 0 Å². The molecule has 0 aliphatic heterocycles. The van der Waals surface area contributed by atoms with Gasteiger partial charge in [-0.15, -0.1) is 0 Å². The fraction of sp³-hybridized carbons (Fsp3) is 0.214. The normalized spacial score (nSPS) is 11.1. The van der Waals surface area contributed by atoms with Crippen LogP contribution >= 0.6 is 0 Å². The number of pyridine rings is 1. The average molecular weight is 321 g/mol. The maximum absolute atomic E-state index is 12.2. The fourth-order valence-electron chi connectivity index (χ4n) is 1.94. The van der Waals surface area contributed by atoms with Gasteiger partial charge in [0.2, 0.25) is 10.0 Å². The number of sulfonamides is 1. The molecule has 2 rings (SSSR count). The van der Waals surface area contributed by atoms with E-state index in [9.17, 15) is 18.5 Å². The van der Waals surface area contributed by atoms with E-state index in [0.717, 1.165) is 5.69 Å². The molecule has 7 nitrogen and oxygen atoms in total. The molecule has 8 heteroatoms. The van der Waals surface area contributed by atoms with Crippen molar-refractivity contribution in [2.75, 3.05) is 4.72 Å². The second kappa shape index (κ2) is 6.52. The topological polar surface area (TPSA) is 102 Å². The average Bonchev–Trinajstić information content (AvgIpc) is 2.46. The molecule has 0 radical (unpaired) electrons. The number of nitro groups is 1. The first-order chi connectivity index (χ1) is 10.4. The Morgan fingerprint density at radius 2 is 1.91 bits per heavy atom. The largest absolute Gasteiger partial charge is 0.273 e. The number of rotatable bonds is 6. The van der Waals surface area contributed by atoms with Crippen LogP contribution in [0, 0.1) is 10.1 Å². The summed E-state index contributed by atoms with van der Waals surface area (Å²) < 4.78 is 26.7. The highest BCUT2D eigenvalue weighted by Crippen LogP contribution is 2.21. The summed E-state index contributed by atoms with van der Waals surface area (Å²) in [6, 6.07) is 10.8. The first kappa shape index (κ1) is 15.9. The number of hydrogen-bond donors (Lipinski definition) is 1. The van der Waals surface area contributed by atoms with Crippen LogP contribution in [0.5, 0.6) is 0 Å². The van der Waals surface area contributed by atoms with E-state index in [0.29, 0.717) is 6.42 Å². The maximum atomic E-state index is 12.2. The summed E-state index contributed by atoms with van der Waals surface area (Å²) in [6.45, 7) is 1.91. The van der Waals surface area contributed by atoms with Gasteiger partial charge in [0.25, 0.3) is 5.69 Å². The molecule has 0 unspecified atom stereocenters. The van der Waals surface area contributed by atoms with Crippen LogP contribution in [0.2, 0.25) is 0 Å². The van der Waals surface area contributed by atoms with Crippen molar-refractivity contribution < 1.29 is 13.3 Å². The quantitative estimate of drug-likeness (QED) is 0.650. The van der Waals surface area contributed by atoms with Crippen LogP contribution in [-0.4, -0.2) is 18.3 Å². The van der Waals surface area contributed by atoms with Gasteiger partial charge < -0.3 is 0 Å². The van der Waals surface area contributed by atoms with E-state index >= 15 is 0 Å². The molecule has 0 fully saturated rings. The molecule has 22 heavy (non-hydrogen) atoms. The van der Waals surface area contributed by atoms with Gasteiger partial charge in [0, 0.05) is 17.3 Å². The van der Waals surface area contributed by atoms with Crippen molar-refractivity contribution in [3.8, 4) is 0 Å². The summed E-state index contributed by atoms with van der Waals surface area (Å²) >= 11 is 0. The Morgan fingerprint density at radius 3 is 2.59 bits per heavy atom. The van der Waals surface area contributed by atoms with E-state index < -0.39 is 20.7 Å². The molecule has 0 amide bonds. The molecule has 0 bridgehead atoms. The molecule has 2 aromatic rings. The lowest BCUT2D eigenvalue weighted by Crippen LogP contribution is -2.17. The highest BCUT2D eigenvalue weighted by atomic mass is 32.2. The van der Waals surface area contributed by atoms with Gasteiger partial charge in [-0.05, 0) is 18.6 Å². The lowest BCUT2D eigenvalue weighted by molar-refractivity contribution is -0.385. The van der Waals surface area contributed by atoms with E-state index in [-0.39, 0.29) is 17.1 Å². The third-order valence-electron chi connectivity index (χ3n) is 2.96. The lowest BCUT2D eigenvalue weighted by atomic mass is 10.2. The Balaban J connectivity index is 2.23. The number of para-hydroxylation sites is 1. The summed E-state index contributed by atoms with van der Waals surface area (Å²) in [5.41, 5.74) is 0.667. The molecule has 0 atom stereocenters. The number of nitro benzene ring substituents is 1. The van der Waals surface area contributed by atoms with Gasteiger partial charge in [0.05, 0.1) is 4.92 Å². The molecule has 0 aliphatic rings. The SMILES string of the molecule is CCc1cccc(NS(=O)(=O)Cc2ccccc2[N+](=O)[O-])n1. The first-order valence-electron chi connectivity index (χ1n) is 6.60. The van der Waals surface area contributed by atoms with Gasteiger partial charge in [0.15, 0.2) is 0 Å². The molecule has 0 saturated heterocycles. The molecular weight excluding hydrogens is 306 g/mol. The summed E-state index contributed by atoms with van der Waals surface area (Å²) in [6.07, 6.45) is 0.680. The highest BCUT2D eigenvalue weighted by molar-refractivity contribution is 7.91. The molecular formula is C14H15N3O4S. The van der Waals surface area contributed by atoms with E-state index in [1.807, 2.05) is 6.92 Å². The van der Waals surface area contributed by atoms with Crippen LogP contribution in [0.4, 0.5) is 11.5 Å². The summed E-state index contributed by atoms with van der Waals surface area (Å²) in [5.74, 6) is -0.278. The van der Waals surface area contributed by atoms with Crippen LogP contribution in [0.15, 0.2) is 42.5 Å². The summed E-state index contributed by atoms with van der Waals surface area (Å²) in [4.78, 5) is 14.5. The van der Waals surface area contributed by atoms with E-state index in [1.54, 1.807) is 18.2 Å². The van der Waals surface area contributed by atoms with Gasteiger partial charge in [0.1, 0.15) is 11.6 Å². The van der Waals surface area contributed by atoms with Crippen molar-refractivity contribution in [1.29, 1.82) is 0 Å². The predicted octanol–water partition coefficient (Wildman–Crippen LogP) is 2.49. The number of nitrogens with one attached hydrogen (secondary N) is 1. The lowest BCUT2D eigenvalue weighted by Gasteiger charge is -2.08. The number of benzene rings is 1. The molecule has 1 aromatic heterocycles. The minimum absolute atomic E-state index is 0.131. The van der Waals surface area contributed by atoms with Gasteiger partial charge in [-0.1, -0.05) is 31.2 Å². The Morgan fingerprint density at radius 1 is 1.18 bits per heavy atom. The van der Waals surface area contributed by atoms with Crippen molar-refractivity contribution in [1.82, 2.24) is 4.98 Å². The predicted molar refractivity (Wildman–Crippen MR) is 83.0 cm³/mol. The molecule has 0 saturated carbocycles. The third kappa shape index (κ3) is 4.01. The van der Waals surface area contributed by atoms with Crippen LogP contribution in [0.3, 0.4) is 0 Å². The zero-order valence-electron chi connectivity index (χ0n) is 11.9. The van der Waals surface area contributed by atoms with Crippen molar-refractivity contribution in [3.63, 3.8) is 0 Å². The molecule has 1 N–H and O–H groups in total. The number of nitrogens with zero attached hydrogens (tertiary/aromatic N) is 2. The number of hydrogen-bond acceptors (Lipinski definition) is 5. The van der Waals surface area contributed by atoms with Gasteiger partial charge >= 0.3 is 0 Å². The fourth-order valence-corrected chi connectivity index (χ4v) is 3.10. The molecule has 116 valence electrons. The molecule has 0 spiro atoms. The summed E-state index contributed by atoms with van der Waals surface area (Å²) in [7, 11) is -3.79. The van der Waals surface area contributed by atoms with Crippen molar-refractivity contribution in [3.05, 3.63) is 63.8 Å². The van der Waals surface area contributed by atoms with Crippen molar-refractivity contribution in [2.24, 2.45) is 0 Å². The van der Waals surface area contributed by atoms with Gasteiger partial charge in [-0.2, -0.15) is 0 Å². The standard InChI is InChI=1S/C14H15N3O4S/c1-2-12-7-5-9-14(15-12)16-22(20,21)10-11-6-3-4-8-13(11)17(18)19/h3-9H,2,10H2,1H3,(H,15,16). The minimum Gasteiger partial charge on any atom is -0.267 e. The van der Waals surface area contributed by atoms with E-state index in [2.05, 4.69) is 9.71 Å². The van der Waals surface area contributed by atoms with Gasteiger partial charge in [-0.25, -0.2) is 13.4 Å². The van der Waals surface area contributed by atoms with Crippen LogP contribution in [0.1, 0.15) is 18.2 Å². The van der Waals surface area contributed by atoms with E-state index in [1.165, 1.54) is 24.3 Å². The minimum atomic E-state index is -3.79. The molecule has 0 aliphatic carbocycles. The van der Waals surface area contributed by atoms with Crippen molar-refractivity contribution >= 4 is 21.5 Å². The van der Waals surface area contributed by atoms with Gasteiger partial charge in [-0.3, -0.25) is 14.8 Å². The second-order valence-electron chi connectivity index (χ2n) is 4.61. The highest BCUT2D eigenvalue weighted by Gasteiger charge is 2.20. The zero-order valence-corrected chi connectivity index (χ0v) is 12.7. The Labute approximate surface area is 128 Å². The number of aromatic nitrogens is 1. The van der Waals surface area contributed by atoms with Crippen LogP contribution in [0.25, 0.3) is 0 Å². The number of aryl methyl sites for hydroxylation is 1. The van der Waals surface area contributed by atoms with Crippen LogP contribution < -0.4 is 4.72 Å². The third-order valence-corrected chi connectivity index (χ3v) is 4.17. The molecule has 1 heterocycles. The Bertz CT molecular complexity index is 790. The smallest absolute Gasteiger partial charge is 0.267 e. The monoisotopic (exact) mass is 321 g/mol. The number of anilines is 1. The first-order valence-corrected chi connectivity index (χ1v) is 8.25. The molecule has 1 aromatic carbocycles. The second-order valence-corrected chi connectivity index (χ2v) is 6.34.